The van der Waals surface area contributed by atoms with Crippen molar-refractivity contribution in [2.45, 2.75) is 59.3 Å². The summed E-state index contributed by atoms with van der Waals surface area (Å²) in [5, 5.41) is 0. The summed E-state index contributed by atoms with van der Waals surface area (Å²) >= 11 is 2.40. The lowest BCUT2D eigenvalue weighted by Crippen LogP contribution is -2.11. The van der Waals surface area contributed by atoms with E-state index in [1.54, 1.807) is 0 Å². The standard InChI is InChI=1S/C11H23IS/c1-4-5-6-7-8-11(2,3)9-10-13-12/h4-10H2,1-3H3. The van der Waals surface area contributed by atoms with Crippen LogP contribution >= 0.6 is 30.1 Å². The van der Waals surface area contributed by atoms with Crippen molar-refractivity contribution >= 4 is 30.1 Å². The second-order valence-corrected chi connectivity index (χ2v) is 7.03. The highest BCUT2D eigenvalue weighted by Gasteiger charge is 2.16. The number of unbranched alkanes of at least 4 members (excludes halogenated alkanes) is 3. The third-order valence-corrected chi connectivity index (χ3v) is 4.24. The summed E-state index contributed by atoms with van der Waals surface area (Å²) in [6, 6.07) is 0. The molecule has 0 fully saturated rings. The fourth-order valence-electron chi connectivity index (χ4n) is 1.47. The average Bonchev–Trinajstić information content (AvgIpc) is 2.09. The molecule has 0 aromatic rings. The zero-order valence-electron chi connectivity index (χ0n) is 9.24. The largest absolute Gasteiger partial charge is 0.0894 e. The van der Waals surface area contributed by atoms with Gasteiger partial charge in [0.1, 0.15) is 0 Å². The van der Waals surface area contributed by atoms with Gasteiger partial charge in [-0.15, -0.1) is 0 Å². The van der Waals surface area contributed by atoms with E-state index < -0.39 is 0 Å². The molecule has 0 rings (SSSR count). The molecule has 0 radical (unpaired) electrons. The Hall–Kier alpha value is 1.08. The highest BCUT2D eigenvalue weighted by molar-refractivity contribution is 14.2. The van der Waals surface area contributed by atoms with E-state index in [9.17, 15) is 0 Å². The van der Waals surface area contributed by atoms with Crippen molar-refractivity contribution in [1.29, 1.82) is 0 Å². The van der Waals surface area contributed by atoms with Gasteiger partial charge in [0.15, 0.2) is 0 Å². The lowest BCUT2D eigenvalue weighted by Gasteiger charge is -2.23. The van der Waals surface area contributed by atoms with Crippen LogP contribution in [0.4, 0.5) is 0 Å². The first-order chi connectivity index (χ1) is 6.12. The topological polar surface area (TPSA) is 0 Å². The van der Waals surface area contributed by atoms with Crippen LogP contribution in [0.1, 0.15) is 59.3 Å². The normalized spacial score (nSPS) is 12.0. The minimum Gasteiger partial charge on any atom is -0.0894 e. The van der Waals surface area contributed by atoms with E-state index in [1.807, 2.05) is 8.93 Å². The molecule has 0 N–H and O–H groups in total. The van der Waals surface area contributed by atoms with Crippen LogP contribution in [-0.4, -0.2) is 5.75 Å². The Morgan fingerprint density at radius 3 is 2.31 bits per heavy atom. The van der Waals surface area contributed by atoms with Crippen molar-refractivity contribution < 1.29 is 0 Å². The van der Waals surface area contributed by atoms with E-state index in [1.165, 1.54) is 44.3 Å². The van der Waals surface area contributed by atoms with E-state index in [4.69, 9.17) is 0 Å². The predicted octanol–water partition coefficient (Wildman–Crippen LogP) is 5.46. The van der Waals surface area contributed by atoms with Crippen LogP contribution in [0.25, 0.3) is 0 Å². The van der Waals surface area contributed by atoms with Crippen molar-refractivity contribution in [2.24, 2.45) is 5.41 Å². The molecule has 0 atom stereocenters. The van der Waals surface area contributed by atoms with Crippen molar-refractivity contribution in [1.82, 2.24) is 0 Å². The first kappa shape index (κ1) is 14.1. The maximum Gasteiger partial charge on any atom is 0.00385 e. The molecular weight excluding hydrogens is 291 g/mol. The minimum atomic E-state index is 0.575. The Morgan fingerprint density at radius 1 is 1.08 bits per heavy atom. The Bertz CT molecular complexity index is 113. The van der Waals surface area contributed by atoms with Gasteiger partial charge >= 0.3 is 0 Å². The Kier molecular flexibility index (Phi) is 9.09. The molecule has 13 heavy (non-hydrogen) atoms. The SMILES string of the molecule is CCCCCCC(C)(C)CCSI. The van der Waals surface area contributed by atoms with Crippen LogP contribution < -0.4 is 0 Å². The molecule has 0 saturated heterocycles. The van der Waals surface area contributed by atoms with Gasteiger partial charge in [0.05, 0.1) is 0 Å². The van der Waals surface area contributed by atoms with Crippen LogP contribution in [0.3, 0.4) is 0 Å². The number of hydrogen-bond acceptors (Lipinski definition) is 1. The van der Waals surface area contributed by atoms with Crippen LogP contribution in [-0.2, 0) is 0 Å². The van der Waals surface area contributed by atoms with E-state index in [0.29, 0.717) is 5.41 Å². The van der Waals surface area contributed by atoms with Crippen LogP contribution in [0.15, 0.2) is 0 Å². The second kappa shape index (κ2) is 8.39. The Balaban J connectivity index is 3.39. The van der Waals surface area contributed by atoms with Gasteiger partial charge in [-0.2, -0.15) is 0 Å². The highest BCUT2D eigenvalue weighted by atomic mass is 127. The van der Waals surface area contributed by atoms with Gasteiger partial charge < -0.3 is 0 Å². The van der Waals surface area contributed by atoms with Gasteiger partial charge in [-0.05, 0) is 39.5 Å². The predicted molar refractivity (Wildman–Crippen MR) is 73.6 cm³/mol. The summed E-state index contributed by atoms with van der Waals surface area (Å²) in [5.74, 6) is 1.31. The maximum absolute atomic E-state index is 2.41. The summed E-state index contributed by atoms with van der Waals surface area (Å²) < 4.78 is 0. The number of hydrogen-bond donors (Lipinski definition) is 0. The average molecular weight is 314 g/mol. The van der Waals surface area contributed by atoms with Gasteiger partial charge in [0, 0.05) is 5.75 Å². The third-order valence-electron chi connectivity index (χ3n) is 2.56. The maximum atomic E-state index is 2.41. The number of halogens is 1. The molecule has 0 heterocycles. The van der Waals surface area contributed by atoms with Crippen molar-refractivity contribution in [3.8, 4) is 0 Å². The van der Waals surface area contributed by atoms with Crippen molar-refractivity contribution in [3.05, 3.63) is 0 Å². The molecule has 0 unspecified atom stereocenters. The molecule has 0 aliphatic heterocycles. The lowest BCUT2D eigenvalue weighted by molar-refractivity contribution is 0.310. The minimum absolute atomic E-state index is 0.575. The lowest BCUT2D eigenvalue weighted by atomic mass is 9.84. The van der Waals surface area contributed by atoms with E-state index in [0.717, 1.165) is 0 Å². The smallest absolute Gasteiger partial charge is 0.00385 e. The summed E-state index contributed by atoms with van der Waals surface area (Å²) in [6.45, 7) is 7.09. The second-order valence-electron chi connectivity index (χ2n) is 4.54. The van der Waals surface area contributed by atoms with Gasteiger partial charge in [-0.25, -0.2) is 0 Å². The van der Waals surface area contributed by atoms with Crippen molar-refractivity contribution in [3.63, 3.8) is 0 Å². The Labute approximate surface area is 100 Å². The third kappa shape index (κ3) is 9.39. The molecule has 0 nitrogen and oxygen atoms in total. The van der Waals surface area contributed by atoms with E-state index >= 15 is 0 Å². The quantitative estimate of drug-likeness (QED) is 0.424. The zero-order chi connectivity index (χ0) is 10.2. The zero-order valence-corrected chi connectivity index (χ0v) is 12.2. The van der Waals surface area contributed by atoms with E-state index in [2.05, 4.69) is 42.0 Å². The summed E-state index contributed by atoms with van der Waals surface area (Å²) in [5.41, 5.74) is 0.575. The molecular formula is C11H23IS. The van der Waals surface area contributed by atoms with Crippen molar-refractivity contribution in [2.75, 3.05) is 5.75 Å². The molecule has 0 aliphatic rings. The van der Waals surface area contributed by atoms with Gasteiger partial charge in [-0.3, -0.25) is 0 Å². The Morgan fingerprint density at radius 2 is 1.77 bits per heavy atom. The monoisotopic (exact) mass is 314 g/mol. The first-order valence-corrected chi connectivity index (χ1v) is 8.89. The first-order valence-electron chi connectivity index (χ1n) is 5.36. The van der Waals surface area contributed by atoms with Gasteiger partial charge in [-0.1, -0.05) is 55.4 Å². The number of rotatable bonds is 8. The molecule has 0 amide bonds. The van der Waals surface area contributed by atoms with Gasteiger partial charge in [0.2, 0.25) is 0 Å². The fraction of sp³-hybridized carbons (Fsp3) is 1.00. The summed E-state index contributed by atoms with van der Waals surface area (Å²) in [6.07, 6.45) is 8.39. The highest BCUT2D eigenvalue weighted by Crippen LogP contribution is 2.30. The molecule has 0 aliphatic carbocycles. The fourth-order valence-corrected chi connectivity index (χ4v) is 2.76. The van der Waals surface area contributed by atoms with Crippen LogP contribution in [0.2, 0.25) is 0 Å². The molecule has 80 valence electrons. The summed E-state index contributed by atoms with van der Waals surface area (Å²) in [4.78, 5) is 0. The van der Waals surface area contributed by atoms with Crippen LogP contribution in [0, 0.1) is 5.41 Å². The summed E-state index contributed by atoms with van der Waals surface area (Å²) in [7, 11) is 1.94. The molecule has 2 heteroatoms. The molecule has 0 saturated carbocycles. The van der Waals surface area contributed by atoms with Gasteiger partial charge in [0.25, 0.3) is 0 Å². The van der Waals surface area contributed by atoms with Crippen LogP contribution in [0.5, 0.6) is 0 Å². The molecule has 0 aromatic carbocycles. The molecule has 0 aromatic heterocycles. The molecule has 0 bridgehead atoms. The molecule has 0 spiro atoms. The van der Waals surface area contributed by atoms with E-state index in [-0.39, 0.29) is 0 Å².